The number of rotatable bonds is 18. The van der Waals surface area contributed by atoms with Crippen LogP contribution < -0.4 is 31.1 Å². The van der Waals surface area contributed by atoms with E-state index in [1.54, 1.807) is 54.9 Å². The molecule has 5 aliphatic carbocycles. The Labute approximate surface area is 428 Å². The molecule has 18 heteroatoms. The number of nitrogens with one attached hydrogen (secondary N) is 4. The van der Waals surface area contributed by atoms with Gasteiger partial charge in [-0.15, -0.1) is 0 Å². The van der Waals surface area contributed by atoms with Gasteiger partial charge in [-0.2, -0.15) is 10.2 Å². The minimum absolute atomic E-state index is 0.0110. The highest BCUT2D eigenvalue weighted by Crippen LogP contribution is 2.64. The first-order valence-electron chi connectivity index (χ1n) is 27.1. The molecule has 5 unspecified atom stereocenters. The highest BCUT2D eigenvalue weighted by Gasteiger charge is 2.61. The summed E-state index contributed by atoms with van der Waals surface area (Å²) < 4.78 is 3.27. The van der Waals surface area contributed by atoms with Gasteiger partial charge >= 0.3 is 0 Å². The molecule has 73 heavy (non-hydrogen) atoms. The number of aliphatic imine (C=N–C) groups is 1. The molecule has 18 nitrogen and oxygen atoms in total. The van der Waals surface area contributed by atoms with Crippen molar-refractivity contribution in [2.45, 2.75) is 116 Å². The van der Waals surface area contributed by atoms with E-state index in [0.29, 0.717) is 41.3 Å². The molecule has 4 N–H and O–H groups in total. The van der Waals surface area contributed by atoms with Gasteiger partial charge in [0.25, 0.3) is 11.8 Å². The first-order valence-corrected chi connectivity index (χ1v) is 27.1. The summed E-state index contributed by atoms with van der Waals surface area (Å²) in [4.78, 5) is 78.7. The van der Waals surface area contributed by atoms with Gasteiger partial charge in [0.1, 0.15) is 29.1 Å². The van der Waals surface area contributed by atoms with E-state index < -0.39 is 17.9 Å². The van der Waals surface area contributed by atoms with Crippen LogP contribution in [0.2, 0.25) is 0 Å². The SMILES string of the molecule is C[C@@H]1CN(c2ccc(NC(=O)C(/C=N/C(=O)c3ccnn3C)C(C3CCC3)C3(C)CC3Cn3nccc3C(=O)N[C@H](C(=O)Nc3ccc(N4CCN(C)C5(CC5)C4)nc3)C(C3CCC3)C3(C)CC3)cn2)CCN1. The average Bonchev–Trinajstić information content (AvgIpc) is 4.29. The largest absolute Gasteiger partial charge is 0.354 e. The van der Waals surface area contributed by atoms with E-state index in [9.17, 15) is 19.2 Å². The predicted molar refractivity (Wildman–Crippen MR) is 280 cm³/mol. The molecule has 7 fully saturated rings. The molecule has 0 bridgehead atoms. The summed E-state index contributed by atoms with van der Waals surface area (Å²) >= 11 is 0. The van der Waals surface area contributed by atoms with E-state index in [1.165, 1.54) is 17.5 Å². The van der Waals surface area contributed by atoms with E-state index in [2.05, 4.69) is 73.9 Å². The van der Waals surface area contributed by atoms with Gasteiger partial charge in [-0.3, -0.25) is 33.4 Å². The molecular formula is C55H74N14O4. The van der Waals surface area contributed by atoms with Crippen LogP contribution >= 0.6 is 0 Å². The number of aromatic nitrogens is 6. The Hall–Kier alpha value is -6.01. The Balaban J connectivity index is 0.810. The summed E-state index contributed by atoms with van der Waals surface area (Å²) in [5, 5.41) is 22.0. The second-order valence-corrected chi connectivity index (χ2v) is 23.5. The second kappa shape index (κ2) is 19.7. The lowest BCUT2D eigenvalue weighted by molar-refractivity contribution is -0.122. The van der Waals surface area contributed by atoms with Gasteiger partial charge in [0.15, 0.2) is 0 Å². The average molecular weight is 995 g/mol. The number of hydrogen-bond acceptors (Lipinski definition) is 12. The van der Waals surface area contributed by atoms with Crippen molar-refractivity contribution in [1.82, 2.24) is 45.1 Å². The smallest absolute Gasteiger partial charge is 0.294 e. The maximum Gasteiger partial charge on any atom is 0.294 e. The number of carbonyl (C=O) groups excluding carboxylic acids is 4. The van der Waals surface area contributed by atoms with Crippen molar-refractivity contribution < 1.29 is 19.2 Å². The van der Waals surface area contributed by atoms with Crippen molar-refractivity contribution in [1.29, 1.82) is 0 Å². The van der Waals surface area contributed by atoms with Crippen LogP contribution in [0.5, 0.6) is 0 Å². The lowest BCUT2D eigenvalue weighted by Gasteiger charge is -2.42. The van der Waals surface area contributed by atoms with Crippen molar-refractivity contribution in [3.63, 3.8) is 0 Å². The summed E-state index contributed by atoms with van der Waals surface area (Å²) in [5.74, 6) is 0.301. The summed E-state index contributed by atoms with van der Waals surface area (Å²) in [7, 11) is 3.92. The monoisotopic (exact) mass is 995 g/mol. The zero-order valence-corrected chi connectivity index (χ0v) is 43.3. The molecule has 388 valence electrons. The maximum atomic E-state index is 14.7. The Morgan fingerprint density at radius 3 is 2.05 bits per heavy atom. The molecule has 0 radical (unpaired) electrons. The molecule has 5 saturated carbocycles. The molecule has 4 amide bonds. The van der Waals surface area contributed by atoms with Crippen LogP contribution in [-0.2, 0) is 23.2 Å². The van der Waals surface area contributed by atoms with Crippen LogP contribution in [0, 0.1) is 46.3 Å². The fourth-order valence-corrected chi connectivity index (χ4v) is 13.1. The van der Waals surface area contributed by atoms with Gasteiger partial charge in [0.2, 0.25) is 11.8 Å². The number of nitrogens with zero attached hydrogens (tertiary/aromatic N) is 10. The predicted octanol–water partition coefficient (Wildman–Crippen LogP) is 6.05. The number of anilines is 4. The normalized spacial score (nSPS) is 26.0. The fraction of sp³-hybridized carbons (Fsp3) is 0.618. The maximum absolute atomic E-state index is 14.7. The third kappa shape index (κ3) is 10.0. The zero-order chi connectivity index (χ0) is 50.6. The number of hydrogen-bond donors (Lipinski definition) is 4. The van der Waals surface area contributed by atoms with Gasteiger partial charge in [0, 0.05) is 83.1 Å². The van der Waals surface area contributed by atoms with E-state index in [1.807, 2.05) is 24.3 Å². The molecule has 6 heterocycles. The third-order valence-corrected chi connectivity index (χ3v) is 18.6. The van der Waals surface area contributed by atoms with Crippen LogP contribution in [-0.4, -0.2) is 128 Å². The number of carbonyl (C=O) groups is 4. The van der Waals surface area contributed by atoms with E-state index in [-0.39, 0.29) is 57.8 Å². The van der Waals surface area contributed by atoms with Gasteiger partial charge < -0.3 is 31.1 Å². The van der Waals surface area contributed by atoms with E-state index in [0.717, 1.165) is 109 Å². The van der Waals surface area contributed by atoms with Gasteiger partial charge in [0.05, 0.1) is 29.7 Å². The summed E-state index contributed by atoms with van der Waals surface area (Å²) in [6.07, 6.45) is 19.7. The molecule has 4 aromatic heterocycles. The lowest BCUT2D eigenvalue weighted by atomic mass is 9.63. The number of piperazine rings is 2. The van der Waals surface area contributed by atoms with Crippen LogP contribution in [0.1, 0.15) is 112 Å². The molecule has 1 spiro atoms. The molecular weight excluding hydrogens is 921 g/mol. The third-order valence-electron chi connectivity index (χ3n) is 18.6. The first kappa shape index (κ1) is 49.2. The van der Waals surface area contributed by atoms with Gasteiger partial charge in [-0.05, 0) is 123 Å². The number of aryl methyl sites for hydroxylation is 1. The Morgan fingerprint density at radius 2 is 1.45 bits per heavy atom. The van der Waals surface area contributed by atoms with Crippen molar-refractivity contribution >= 4 is 52.9 Å². The molecule has 2 saturated heterocycles. The fourth-order valence-electron chi connectivity index (χ4n) is 13.1. The van der Waals surface area contributed by atoms with Crippen molar-refractivity contribution in [3.8, 4) is 0 Å². The highest BCUT2D eigenvalue weighted by atomic mass is 16.2. The summed E-state index contributed by atoms with van der Waals surface area (Å²) in [5.41, 5.74) is 1.82. The van der Waals surface area contributed by atoms with Crippen molar-refractivity contribution in [3.05, 3.63) is 72.6 Å². The van der Waals surface area contributed by atoms with E-state index >= 15 is 0 Å². The molecule has 7 atom stereocenters. The topological polar surface area (TPSA) is 200 Å². The van der Waals surface area contributed by atoms with Gasteiger partial charge in [-0.1, -0.05) is 52.4 Å². The Morgan fingerprint density at radius 1 is 0.795 bits per heavy atom. The second-order valence-electron chi connectivity index (χ2n) is 23.5. The lowest BCUT2D eigenvalue weighted by Crippen LogP contribution is -2.54. The Bertz CT molecular complexity index is 2700. The summed E-state index contributed by atoms with van der Waals surface area (Å²) in [6.45, 7) is 12.6. The zero-order valence-electron chi connectivity index (χ0n) is 43.3. The van der Waals surface area contributed by atoms with E-state index in [4.69, 9.17) is 15.1 Å². The molecule has 4 aromatic rings. The van der Waals surface area contributed by atoms with Crippen LogP contribution in [0.25, 0.3) is 0 Å². The number of amides is 4. The van der Waals surface area contributed by atoms with Crippen LogP contribution in [0.4, 0.5) is 23.0 Å². The molecule has 2 aliphatic heterocycles. The molecule has 11 rings (SSSR count). The van der Waals surface area contributed by atoms with Crippen molar-refractivity contribution in [2.24, 2.45) is 58.4 Å². The minimum Gasteiger partial charge on any atom is -0.354 e. The Kier molecular flexibility index (Phi) is 13.3. The van der Waals surface area contributed by atoms with Crippen LogP contribution in [0.3, 0.4) is 0 Å². The first-order chi connectivity index (χ1) is 35.2. The summed E-state index contributed by atoms with van der Waals surface area (Å²) in [6, 6.07) is 10.8. The minimum atomic E-state index is -0.750. The molecule has 7 aliphatic rings. The molecule has 0 aromatic carbocycles. The highest BCUT2D eigenvalue weighted by molar-refractivity contribution is 6.06. The quantitative estimate of drug-likeness (QED) is 0.0843. The number of likely N-dealkylation sites (N-methyl/N-ethyl adjacent to an activating group) is 1. The van der Waals surface area contributed by atoms with Gasteiger partial charge in [-0.25, -0.2) is 15.0 Å². The number of pyridine rings is 2. The van der Waals surface area contributed by atoms with Crippen molar-refractivity contribution in [2.75, 3.05) is 66.7 Å². The van der Waals surface area contributed by atoms with Crippen LogP contribution in [0.15, 0.2) is 66.2 Å². The standard InChI is InChI=1S/C55H74N14O4/c1-35-32-67(25-24-56-35)44-14-12-39(29-57-44)62-49(70)41(31-59-50(71)42-16-22-60-66(42)5)46(36-8-6-9-36)54(3)28-38(54)33-69-43(17-23-61-69)51(72)64-48(47(37-10-7-11-37)53(2)18-19-53)52(73)63-40-13-15-45(58-30-40)68-27-26-65(4)55(34-68)20-21-55/h12-17,22-23,29-31,35-38,41,46-48,56H,6-11,18-21,24-28,32-34H2,1-5H3,(H,62,70)(H,63,73)(H,64,72)/b59-31+/t35-,38?,41?,46?,47?,48+,54?/m1/s1.